The Morgan fingerprint density at radius 2 is 1.74 bits per heavy atom. The summed E-state index contributed by atoms with van der Waals surface area (Å²) in [5.74, 6) is -2.18. The maximum absolute atomic E-state index is 13.8. The number of amides is 1. The summed E-state index contributed by atoms with van der Waals surface area (Å²) in [7, 11) is 0. The zero-order chi connectivity index (χ0) is 22.0. The lowest BCUT2D eigenvalue weighted by Crippen LogP contribution is -2.42. The monoisotopic (exact) mass is 428 g/mol. The third kappa shape index (κ3) is 4.60. The van der Waals surface area contributed by atoms with Crippen LogP contribution in [0.2, 0.25) is 0 Å². The van der Waals surface area contributed by atoms with Crippen LogP contribution in [0.15, 0.2) is 59.4 Å². The Morgan fingerprint density at radius 3 is 2.52 bits per heavy atom. The maximum Gasteiger partial charge on any atom is 0.271 e. The lowest BCUT2D eigenvalue weighted by Gasteiger charge is -2.33. The molecular weight excluding hydrogens is 409 g/mol. The molecule has 3 aromatic rings. The quantitative estimate of drug-likeness (QED) is 0.691. The van der Waals surface area contributed by atoms with Gasteiger partial charge in [-0.3, -0.25) is 9.59 Å². The van der Waals surface area contributed by atoms with Crippen LogP contribution in [0.5, 0.6) is 0 Å². The Hall–Kier alpha value is -3.62. The van der Waals surface area contributed by atoms with E-state index in [-0.39, 0.29) is 11.2 Å². The van der Waals surface area contributed by atoms with Crippen molar-refractivity contribution in [3.8, 4) is 5.69 Å². The SMILES string of the molecule is O=C(Nc1cc(F)ccc1F)C1CCCN(c2ccc(=O)n(-c3ccc(F)cc3)n2)C1. The van der Waals surface area contributed by atoms with Crippen molar-refractivity contribution in [1.29, 1.82) is 0 Å². The molecule has 2 heterocycles. The Balaban J connectivity index is 1.52. The first-order chi connectivity index (χ1) is 14.9. The molecule has 1 N–H and O–H groups in total. The number of piperidine rings is 1. The number of aromatic nitrogens is 2. The molecule has 1 atom stereocenters. The van der Waals surface area contributed by atoms with Gasteiger partial charge in [0.05, 0.1) is 17.3 Å². The van der Waals surface area contributed by atoms with E-state index in [0.29, 0.717) is 37.4 Å². The second kappa shape index (κ2) is 8.63. The van der Waals surface area contributed by atoms with Crippen LogP contribution in [0.1, 0.15) is 12.8 Å². The van der Waals surface area contributed by atoms with Crippen molar-refractivity contribution in [3.05, 3.63) is 82.4 Å². The molecule has 6 nitrogen and oxygen atoms in total. The second-order valence-corrected chi connectivity index (χ2v) is 7.32. The number of hydrogen-bond donors (Lipinski definition) is 1. The summed E-state index contributed by atoms with van der Waals surface area (Å²) in [6.07, 6.45) is 1.26. The first kappa shape index (κ1) is 20.6. The molecule has 2 aromatic carbocycles. The van der Waals surface area contributed by atoms with E-state index in [1.165, 1.54) is 35.0 Å². The number of anilines is 2. The number of halogens is 3. The van der Waals surface area contributed by atoms with Gasteiger partial charge in [-0.25, -0.2) is 13.2 Å². The highest BCUT2D eigenvalue weighted by Crippen LogP contribution is 2.24. The van der Waals surface area contributed by atoms with Crippen LogP contribution in [0.25, 0.3) is 5.69 Å². The molecule has 1 aliphatic rings. The van der Waals surface area contributed by atoms with Crippen LogP contribution in [-0.2, 0) is 4.79 Å². The smallest absolute Gasteiger partial charge is 0.271 e. The predicted molar refractivity (Wildman–Crippen MR) is 110 cm³/mol. The van der Waals surface area contributed by atoms with Gasteiger partial charge in [-0.1, -0.05) is 0 Å². The number of nitrogens with zero attached hydrogens (tertiary/aromatic N) is 3. The summed E-state index contributed by atoms with van der Waals surface area (Å²) in [4.78, 5) is 26.7. The van der Waals surface area contributed by atoms with Gasteiger partial charge in [-0.2, -0.15) is 4.68 Å². The van der Waals surface area contributed by atoms with E-state index < -0.39 is 29.3 Å². The average molecular weight is 428 g/mol. The van der Waals surface area contributed by atoms with Gasteiger partial charge in [0.25, 0.3) is 5.56 Å². The summed E-state index contributed by atoms with van der Waals surface area (Å²) in [5, 5.41) is 6.82. The number of benzene rings is 2. The van der Waals surface area contributed by atoms with Gasteiger partial charge in [0.15, 0.2) is 0 Å². The van der Waals surface area contributed by atoms with E-state index >= 15 is 0 Å². The van der Waals surface area contributed by atoms with Crippen LogP contribution >= 0.6 is 0 Å². The molecule has 0 bridgehead atoms. The van der Waals surface area contributed by atoms with Crippen molar-refractivity contribution in [2.24, 2.45) is 5.92 Å². The number of carbonyl (C=O) groups excluding carboxylic acids is 1. The van der Waals surface area contributed by atoms with Crippen molar-refractivity contribution in [2.45, 2.75) is 12.8 Å². The summed E-state index contributed by atoms with van der Waals surface area (Å²) in [6.45, 7) is 0.921. The number of carbonyl (C=O) groups is 1. The molecule has 9 heteroatoms. The summed E-state index contributed by atoms with van der Waals surface area (Å²) in [6, 6.07) is 11.2. The fourth-order valence-electron chi connectivity index (χ4n) is 3.56. The molecule has 1 unspecified atom stereocenters. The molecule has 1 aromatic heterocycles. The summed E-state index contributed by atoms with van der Waals surface area (Å²) < 4.78 is 41.6. The first-order valence-corrected chi connectivity index (χ1v) is 9.78. The minimum atomic E-state index is -0.713. The Labute approximate surface area is 175 Å². The van der Waals surface area contributed by atoms with Gasteiger partial charge in [-0.15, -0.1) is 5.10 Å². The fourth-order valence-corrected chi connectivity index (χ4v) is 3.56. The van der Waals surface area contributed by atoms with E-state index in [0.717, 1.165) is 18.2 Å². The number of nitrogens with one attached hydrogen (secondary N) is 1. The van der Waals surface area contributed by atoms with Crippen molar-refractivity contribution >= 4 is 17.4 Å². The minimum absolute atomic E-state index is 0.204. The number of rotatable bonds is 4. The molecule has 1 fully saturated rings. The Kier molecular flexibility index (Phi) is 5.75. The normalized spacial score (nSPS) is 16.2. The highest BCUT2D eigenvalue weighted by Gasteiger charge is 2.27. The highest BCUT2D eigenvalue weighted by atomic mass is 19.1. The topological polar surface area (TPSA) is 67.2 Å². The third-order valence-electron chi connectivity index (χ3n) is 5.16. The van der Waals surface area contributed by atoms with Crippen LogP contribution in [-0.4, -0.2) is 28.8 Å². The lowest BCUT2D eigenvalue weighted by atomic mass is 9.97. The Morgan fingerprint density at radius 1 is 1.00 bits per heavy atom. The molecule has 0 saturated carbocycles. The van der Waals surface area contributed by atoms with E-state index in [2.05, 4.69) is 10.4 Å². The first-order valence-electron chi connectivity index (χ1n) is 9.78. The van der Waals surface area contributed by atoms with E-state index in [4.69, 9.17) is 0 Å². The molecule has 0 aliphatic carbocycles. The molecule has 160 valence electrons. The molecule has 1 saturated heterocycles. The van der Waals surface area contributed by atoms with Gasteiger partial charge in [-0.05, 0) is 55.3 Å². The molecule has 1 amide bonds. The second-order valence-electron chi connectivity index (χ2n) is 7.32. The molecule has 4 rings (SSSR count). The fraction of sp³-hybridized carbons (Fsp3) is 0.227. The van der Waals surface area contributed by atoms with Crippen molar-refractivity contribution in [1.82, 2.24) is 9.78 Å². The molecule has 31 heavy (non-hydrogen) atoms. The van der Waals surface area contributed by atoms with Crippen molar-refractivity contribution < 1.29 is 18.0 Å². The molecule has 0 spiro atoms. The van der Waals surface area contributed by atoms with E-state index in [1.54, 1.807) is 6.07 Å². The van der Waals surface area contributed by atoms with Gasteiger partial charge >= 0.3 is 0 Å². The zero-order valence-electron chi connectivity index (χ0n) is 16.4. The van der Waals surface area contributed by atoms with Gasteiger partial charge < -0.3 is 10.2 Å². The van der Waals surface area contributed by atoms with Crippen molar-refractivity contribution in [3.63, 3.8) is 0 Å². The molecule has 0 radical (unpaired) electrons. The van der Waals surface area contributed by atoms with Crippen LogP contribution in [0, 0.1) is 23.4 Å². The zero-order valence-corrected chi connectivity index (χ0v) is 16.4. The van der Waals surface area contributed by atoms with Crippen molar-refractivity contribution in [2.75, 3.05) is 23.3 Å². The molecule has 1 aliphatic heterocycles. The van der Waals surface area contributed by atoms with Gasteiger partial charge in [0.2, 0.25) is 5.91 Å². The van der Waals surface area contributed by atoms with Gasteiger partial charge in [0, 0.05) is 25.2 Å². The maximum atomic E-state index is 13.8. The minimum Gasteiger partial charge on any atom is -0.354 e. The summed E-state index contributed by atoms with van der Waals surface area (Å²) in [5.41, 5.74) is -0.158. The third-order valence-corrected chi connectivity index (χ3v) is 5.16. The highest BCUT2D eigenvalue weighted by molar-refractivity contribution is 5.93. The molecular formula is C22H19F3N4O2. The largest absolute Gasteiger partial charge is 0.354 e. The van der Waals surface area contributed by atoms with Crippen LogP contribution in [0.3, 0.4) is 0 Å². The Bertz CT molecular complexity index is 1160. The average Bonchev–Trinajstić information content (AvgIpc) is 2.77. The predicted octanol–water partition coefficient (Wildman–Crippen LogP) is 3.50. The van der Waals surface area contributed by atoms with Gasteiger partial charge in [0.1, 0.15) is 23.3 Å². The van der Waals surface area contributed by atoms with E-state index in [1.807, 2.05) is 4.90 Å². The van der Waals surface area contributed by atoms with E-state index in [9.17, 15) is 22.8 Å². The number of hydrogen-bond acceptors (Lipinski definition) is 4. The van der Waals surface area contributed by atoms with Crippen LogP contribution in [0.4, 0.5) is 24.7 Å². The lowest BCUT2D eigenvalue weighted by molar-refractivity contribution is -0.120. The van der Waals surface area contributed by atoms with Crippen LogP contribution < -0.4 is 15.8 Å². The summed E-state index contributed by atoms with van der Waals surface area (Å²) >= 11 is 0. The standard InChI is InChI=1S/C22H19F3N4O2/c23-15-3-6-17(7-4-15)29-21(30)10-9-20(27-29)28-11-1-2-14(13-28)22(31)26-19-12-16(24)5-8-18(19)25/h3-10,12,14H,1-2,11,13H2,(H,26,31).